The fourth-order valence-corrected chi connectivity index (χ4v) is 2.84. The summed E-state index contributed by atoms with van der Waals surface area (Å²) in [5.74, 6) is -0.959. The van der Waals surface area contributed by atoms with Crippen LogP contribution in [0.1, 0.15) is 10.4 Å². The monoisotopic (exact) mass is 392 g/mol. The number of nitrogens with zero attached hydrogens (tertiary/aromatic N) is 1. The average molecular weight is 393 g/mol. The molecule has 0 radical (unpaired) electrons. The molecule has 2 amide bonds. The molecule has 142 valence electrons. The maximum atomic E-state index is 13.8. The molecule has 1 aliphatic rings. The number of ether oxygens (including phenoxy) is 2. The predicted octanol–water partition coefficient (Wildman–Crippen LogP) is 2.97. The smallest absolute Gasteiger partial charge is 0.260 e. The zero-order valence-electron chi connectivity index (χ0n) is 14.4. The second-order valence-electron chi connectivity index (χ2n) is 5.86. The van der Waals surface area contributed by atoms with E-state index in [1.54, 1.807) is 29.2 Å². The van der Waals surface area contributed by atoms with Gasteiger partial charge in [-0.1, -0.05) is 17.7 Å². The fraction of sp³-hybridized carbons (Fsp3) is 0.263. The molecule has 6 nitrogen and oxygen atoms in total. The fourth-order valence-electron chi connectivity index (χ4n) is 2.59. The number of morpholine rings is 1. The molecule has 1 fully saturated rings. The first-order chi connectivity index (χ1) is 13.0. The first kappa shape index (κ1) is 19.1. The van der Waals surface area contributed by atoms with Gasteiger partial charge in [-0.05, 0) is 36.4 Å². The van der Waals surface area contributed by atoms with E-state index in [0.717, 1.165) is 0 Å². The summed E-state index contributed by atoms with van der Waals surface area (Å²) in [5.41, 5.74) is 0.238. The zero-order chi connectivity index (χ0) is 19.2. The average Bonchev–Trinajstić information content (AvgIpc) is 2.68. The summed E-state index contributed by atoms with van der Waals surface area (Å²) in [5, 5.41) is 2.61. The number of hydrogen-bond donors (Lipinski definition) is 1. The summed E-state index contributed by atoms with van der Waals surface area (Å²) in [6.45, 7) is 2.12. The highest BCUT2D eigenvalue weighted by Gasteiger charge is 2.18. The number of carbonyl (C=O) groups is 2. The SMILES string of the molecule is O=C(Nc1ccc(OCC(=O)N2CCOCC2)cc1)c1c(F)cccc1Cl. The van der Waals surface area contributed by atoms with E-state index in [1.807, 2.05) is 0 Å². The predicted molar refractivity (Wildman–Crippen MR) is 98.7 cm³/mol. The zero-order valence-corrected chi connectivity index (χ0v) is 15.2. The third kappa shape index (κ3) is 4.96. The molecule has 0 aliphatic carbocycles. The van der Waals surface area contributed by atoms with Crippen molar-refractivity contribution < 1.29 is 23.5 Å². The molecule has 1 saturated heterocycles. The van der Waals surface area contributed by atoms with E-state index in [4.69, 9.17) is 21.1 Å². The summed E-state index contributed by atoms with van der Waals surface area (Å²) >= 11 is 5.89. The van der Waals surface area contributed by atoms with E-state index < -0.39 is 11.7 Å². The minimum Gasteiger partial charge on any atom is -0.484 e. The third-order valence-electron chi connectivity index (χ3n) is 4.03. The van der Waals surface area contributed by atoms with Crippen LogP contribution in [0, 0.1) is 5.82 Å². The van der Waals surface area contributed by atoms with Crippen molar-refractivity contribution in [2.45, 2.75) is 0 Å². The van der Waals surface area contributed by atoms with Crippen molar-refractivity contribution in [1.82, 2.24) is 4.90 Å². The molecule has 1 N–H and O–H groups in total. The van der Waals surface area contributed by atoms with Crippen LogP contribution < -0.4 is 10.1 Å². The lowest BCUT2D eigenvalue weighted by Gasteiger charge is -2.26. The largest absolute Gasteiger partial charge is 0.484 e. The van der Waals surface area contributed by atoms with Gasteiger partial charge in [0.25, 0.3) is 11.8 Å². The molecular formula is C19H18ClFN2O4. The van der Waals surface area contributed by atoms with Crippen molar-refractivity contribution in [3.8, 4) is 5.75 Å². The summed E-state index contributed by atoms with van der Waals surface area (Å²) in [6, 6.07) is 10.5. The van der Waals surface area contributed by atoms with Crippen LogP contribution in [0.4, 0.5) is 10.1 Å². The lowest BCUT2D eigenvalue weighted by atomic mass is 10.2. The van der Waals surface area contributed by atoms with E-state index in [1.165, 1.54) is 18.2 Å². The van der Waals surface area contributed by atoms with Crippen LogP contribution in [-0.4, -0.2) is 49.6 Å². The number of halogens is 2. The molecule has 0 spiro atoms. The van der Waals surface area contributed by atoms with Crippen LogP contribution in [0.25, 0.3) is 0 Å². The van der Waals surface area contributed by atoms with Crippen LogP contribution in [-0.2, 0) is 9.53 Å². The van der Waals surface area contributed by atoms with Crippen molar-refractivity contribution in [3.63, 3.8) is 0 Å². The van der Waals surface area contributed by atoms with Crippen LogP contribution >= 0.6 is 11.6 Å². The van der Waals surface area contributed by atoms with Crippen molar-refractivity contribution in [2.75, 3.05) is 38.2 Å². The van der Waals surface area contributed by atoms with Crippen LogP contribution in [0.3, 0.4) is 0 Å². The molecule has 27 heavy (non-hydrogen) atoms. The Hall–Kier alpha value is -2.64. The molecule has 1 aliphatic heterocycles. The number of hydrogen-bond acceptors (Lipinski definition) is 4. The Morgan fingerprint density at radius 3 is 2.52 bits per heavy atom. The molecule has 0 aromatic heterocycles. The van der Waals surface area contributed by atoms with Gasteiger partial charge in [-0.2, -0.15) is 0 Å². The molecule has 0 unspecified atom stereocenters. The number of benzene rings is 2. The third-order valence-corrected chi connectivity index (χ3v) is 4.34. The summed E-state index contributed by atoms with van der Waals surface area (Å²) < 4.78 is 24.5. The van der Waals surface area contributed by atoms with Crippen LogP contribution in [0.2, 0.25) is 5.02 Å². The topological polar surface area (TPSA) is 67.9 Å². The van der Waals surface area contributed by atoms with Crippen molar-refractivity contribution in [1.29, 1.82) is 0 Å². The first-order valence-corrected chi connectivity index (χ1v) is 8.76. The van der Waals surface area contributed by atoms with Gasteiger partial charge in [0.05, 0.1) is 23.8 Å². The molecular weight excluding hydrogens is 375 g/mol. The summed E-state index contributed by atoms with van der Waals surface area (Å²) in [4.78, 5) is 25.9. The Morgan fingerprint density at radius 1 is 1.15 bits per heavy atom. The van der Waals surface area contributed by atoms with Crippen molar-refractivity contribution in [3.05, 3.63) is 58.9 Å². The number of amides is 2. The van der Waals surface area contributed by atoms with Crippen LogP contribution in [0.5, 0.6) is 5.75 Å². The summed E-state index contributed by atoms with van der Waals surface area (Å²) in [7, 11) is 0. The van der Waals surface area contributed by atoms with Gasteiger partial charge < -0.3 is 19.7 Å². The second-order valence-corrected chi connectivity index (χ2v) is 6.26. The van der Waals surface area contributed by atoms with Crippen molar-refractivity contribution in [2.24, 2.45) is 0 Å². The highest BCUT2D eigenvalue weighted by atomic mass is 35.5. The van der Waals surface area contributed by atoms with Crippen LogP contribution in [0.15, 0.2) is 42.5 Å². The molecule has 0 atom stereocenters. The molecule has 8 heteroatoms. The quantitative estimate of drug-likeness (QED) is 0.849. The number of nitrogens with one attached hydrogen (secondary N) is 1. The maximum absolute atomic E-state index is 13.8. The number of carbonyl (C=O) groups excluding carboxylic acids is 2. The van der Waals surface area contributed by atoms with Gasteiger partial charge >= 0.3 is 0 Å². The lowest BCUT2D eigenvalue weighted by Crippen LogP contribution is -2.42. The van der Waals surface area contributed by atoms with Gasteiger partial charge in [-0.3, -0.25) is 9.59 Å². The molecule has 2 aromatic carbocycles. The van der Waals surface area contributed by atoms with Gasteiger partial charge in [0.2, 0.25) is 0 Å². The normalized spacial score (nSPS) is 13.9. The van der Waals surface area contributed by atoms with Crippen molar-refractivity contribution >= 4 is 29.1 Å². The highest BCUT2D eigenvalue weighted by Crippen LogP contribution is 2.21. The molecule has 0 saturated carbocycles. The van der Waals surface area contributed by atoms with Gasteiger partial charge in [0, 0.05) is 18.8 Å². The van der Waals surface area contributed by atoms with Gasteiger partial charge in [-0.25, -0.2) is 4.39 Å². The number of rotatable bonds is 5. The minimum atomic E-state index is -0.693. The van der Waals surface area contributed by atoms with E-state index in [2.05, 4.69) is 5.32 Å². The Bertz CT molecular complexity index is 803. The Kier molecular flexibility index (Phi) is 6.26. The first-order valence-electron chi connectivity index (χ1n) is 8.38. The van der Waals surface area contributed by atoms with Gasteiger partial charge in [0.1, 0.15) is 11.6 Å². The number of anilines is 1. The highest BCUT2D eigenvalue weighted by molar-refractivity contribution is 6.34. The lowest BCUT2D eigenvalue weighted by molar-refractivity contribution is -0.137. The van der Waals surface area contributed by atoms with E-state index in [-0.39, 0.29) is 23.1 Å². The molecule has 1 heterocycles. The summed E-state index contributed by atoms with van der Waals surface area (Å²) in [6.07, 6.45) is 0. The molecule has 0 bridgehead atoms. The maximum Gasteiger partial charge on any atom is 0.260 e. The van der Waals surface area contributed by atoms with E-state index in [0.29, 0.717) is 37.7 Å². The Balaban J connectivity index is 1.55. The van der Waals surface area contributed by atoms with E-state index in [9.17, 15) is 14.0 Å². The Morgan fingerprint density at radius 2 is 1.85 bits per heavy atom. The van der Waals surface area contributed by atoms with E-state index >= 15 is 0 Å². The van der Waals surface area contributed by atoms with Gasteiger partial charge in [-0.15, -0.1) is 0 Å². The molecule has 2 aromatic rings. The second kappa shape index (κ2) is 8.83. The Labute approximate surface area is 160 Å². The standard InChI is InChI=1S/C19H18ClFN2O4/c20-15-2-1-3-16(21)18(15)19(25)22-13-4-6-14(7-5-13)27-12-17(24)23-8-10-26-11-9-23/h1-7H,8-12H2,(H,22,25). The van der Waals surface area contributed by atoms with Gasteiger partial charge in [0.15, 0.2) is 6.61 Å². The molecule has 3 rings (SSSR count). The minimum absolute atomic E-state index is 0.0362.